The van der Waals surface area contributed by atoms with Crippen LogP contribution in [0.1, 0.15) is 9.75 Å². The van der Waals surface area contributed by atoms with E-state index < -0.39 is 0 Å². The van der Waals surface area contributed by atoms with Gasteiger partial charge in [0, 0.05) is 70.3 Å². The molecule has 4 aromatic heterocycles. The first-order valence-electron chi connectivity index (χ1n) is 9.27. The summed E-state index contributed by atoms with van der Waals surface area (Å²) in [6.45, 7) is 4.44. The van der Waals surface area contributed by atoms with E-state index in [9.17, 15) is 0 Å². The van der Waals surface area contributed by atoms with Crippen molar-refractivity contribution in [1.29, 1.82) is 0 Å². The third kappa shape index (κ3) is 1.94. The summed E-state index contributed by atoms with van der Waals surface area (Å²) in [5.41, 5.74) is 0. The van der Waals surface area contributed by atoms with Crippen molar-refractivity contribution < 1.29 is 0 Å². The Balaban J connectivity index is 1.86. The fraction of sp³-hybridized carbons (Fsp3) is 0.0833. The van der Waals surface area contributed by atoms with Gasteiger partial charge in [-0.15, -0.1) is 45.3 Å². The van der Waals surface area contributed by atoms with Gasteiger partial charge in [0.1, 0.15) is 0 Å². The molecule has 0 fully saturated rings. The van der Waals surface area contributed by atoms with Gasteiger partial charge in [-0.3, -0.25) is 0 Å². The summed E-state index contributed by atoms with van der Waals surface area (Å²) in [4.78, 5) is 2.78. The smallest absolute Gasteiger partial charge is 0.0362 e. The normalized spacial score (nSPS) is 12.6. The molecule has 0 saturated heterocycles. The molecule has 0 spiro atoms. The van der Waals surface area contributed by atoms with Gasteiger partial charge in [0.25, 0.3) is 0 Å². The summed E-state index contributed by atoms with van der Waals surface area (Å²) in [6.07, 6.45) is 0. The van der Waals surface area contributed by atoms with Crippen molar-refractivity contribution in [2.24, 2.45) is 0 Å². The molecule has 0 saturated carbocycles. The lowest BCUT2D eigenvalue weighted by Gasteiger charge is -2.00. The van der Waals surface area contributed by atoms with Crippen molar-refractivity contribution in [1.82, 2.24) is 0 Å². The third-order valence-electron chi connectivity index (χ3n) is 5.64. The topological polar surface area (TPSA) is 0 Å². The summed E-state index contributed by atoms with van der Waals surface area (Å²) in [6, 6.07) is 18.7. The van der Waals surface area contributed by atoms with E-state index in [0.29, 0.717) is 0 Å². The second-order valence-corrected chi connectivity index (χ2v) is 12.2. The molecule has 0 N–H and O–H groups in total. The number of benzene rings is 3. The van der Waals surface area contributed by atoms with Crippen molar-refractivity contribution >= 4 is 106 Å². The van der Waals surface area contributed by atoms with E-state index in [1.807, 2.05) is 45.3 Å². The van der Waals surface area contributed by atoms with E-state index in [4.69, 9.17) is 0 Å². The largest absolute Gasteiger partial charge is 0.141 e. The van der Waals surface area contributed by atoms with Gasteiger partial charge in [0.2, 0.25) is 0 Å². The summed E-state index contributed by atoms with van der Waals surface area (Å²) in [5, 5.41) is 8.68. The van der Waals surface area contributed by atoms with Crippen LogP contribution in [0.25, 0.3) is 60.5 Å². The lowest BCUT2D eigenvalue weighted by atomic mass is 10.0. The van der Waals surface area contributed by atoms with Crippen LogP contribution >= 0.6 is 45.3 Å². The average molecular weight is 431 g/mol. The highest BCUT2D eigenvalue weighted by molar-refractivity contribution is 7.28. The van der Waals surface area contributed by atoms with Crippen molar-refractivity contribution in [3.05, 3.63) is 58.3 Å². The monoisotopic (exact) mass is 430 g/mol. The van der Waals surface area contributed by atoms with Gasteiger partial charge >= 0.3 is 0 Å². The van der Waals surface area contributed by atoms with E-state index in [1.165, 1.54) is 70.3 Å². The average Bonchev–Trinajstić information content (AvgIpc) is 3.39. The Morgan fingerprint density at radius 2 is 0.786 bits per heavy atom. The fourth-order valence-electron chi connectivity index (χ4n) is 4.59. The Hall–Kier alpha value is -1.98. The highest BCUT2D eigenvalue weighted by Crippen LogP contribution is 2.49. The van der Waals surface area contributed by atoms with Gasteiger partial charge < -0.3 is 0 Å². The maximum absolute atomic E-state index is 2.38. The van der Waals surface area contributed by atoms with E-state index in [1.54, 1.807) is 0 Å². The molecular formula is C24H14S4. The molecular weight excluding hydrogens is 417 g/mol. The van der Waals surface area contributed by atoms with Crippen LogP contribution in [0, 0.1) is 13.8 Å². The standard InChI is InChI=1S/C24H14S4/c1-11-9-13-15(25-11)3-5-17-21(13)23-19(27-17)7-8-20-24(23)22-14-10-12(2)26-16(14)4-6-18(22)28-20/h3-10H,1-2H3. The van der Waals surface area contributed by atoms with Gasteiger partial charge in [0.05, 0.1) is 0 Å². The molecule has 0 aliphatic carbocycles. The maximum atomic E-state index is 2.38. The highest BCUT2D eigenvalue weighted by Gasteiger charge is 2.18. The van der Waals surface area contributed by atoms with Crippen LogP contribution in [0.3, 0.4) is 0 Å². The van der Waals surface area contributed by atoms with Crippen molar-refractivity contribution in [3.63, 3.8) is 0 Å². The van der Waals surface area contributed by atoms with Crippen molar-refractivity contribution in [2.75, 3.05) is 0 Å². The van der Waals surface area contributed by atoms with Gasteiger partial charge in [-0.2, -0.15) is 0 Å². The first kappa shape index (κ1) is 15.9. The Labute approximate surface area is 177 Å². The zero-order valence-electron chi connectivity index (χ0n) is 15.3. The number of thiophene rings is 4. The number of hydrogen-bond donors (Lipinski definition) is 0. The molecule has 0 aliphatic rings. The molecule has 7 rings (SSSR count). The summed E-state index contributed by atoms with van der Waals surface area (Å²) in [5.74, 6) is 0. The molecule has 7 aromatic rings. The second-order valence-electron chi connectivity index (χ2n) is 7.43. The fourth-order valence-corrected chi connectivity index (χ4v) is 8.71. The molecule has 0 nitrogen and oxygen atoms in total. The lowest BCUT2D eigenvalue weighted by Crippen LogP contribution is -1.73. The van der Waals surface area contributed by atoms with E-state index in [-0.39, 0.29) is 0 Å². The summed E-state index contributed by atoms with van der Waals surface area (Å²) >= 11 is 7.68. The predicted molar refractivity (Wildman–Crippen MR) is 132 cm³/mol. The molecule has 28 heavy (non-hydrogen) atoms. The lowest BCUT2D eigenvalue weighted by molar-refractivity contribution is 1.66. The quantitative estimate of drug-likeness (QED) is 0.225. The molecule has 3 aromatic carbocycles. The van der Waals surface area contributed by atoms with Crippen LogP contribution in [0.15, 0.2) is 48.5 Å². The molecule has 134 valence electrons. The molecule has 0 atom stereocenters. The van der Waals surface area contributed by atoms with Crippen LogP contribution in [0.4, 0.5) is 0 Å². The van der Waals surface area contributed by atoms with E-state index in [2.05, 4.69) is 62.4 Å². The summed E-state index contributed by atoms with van der Waals surface area (Å²) in [7, 11) is 0. The molecule has 0 unspecified atom stereocenters. The highest BCUT2D eigenvalue weighted by atomic mass is 32.1. The van der Waals surface area contributed by atoms with E-state index >= 15 is 0 Å². The maximum Gasteiger partial charge on any atom is 0.0362 e. The minimum atomic E-state index is 1.39. The van der Waals surface area contributed by atoms with Gasteiger partial charge in [0.15, 0.2) is 0 Å². The zero-order valence-corrected chi connectivity index (χ0v) is 18.5. The Morgan fingerprint density at radius 1 is 0.429 bits per heavy atom. The number of fused-ring (bicyclic) bond motifs is 11. The number of aryl methyl sites for hydroxylation is 2. The zero-order chi connectivity index (χ0) is 18.6. The first-order valence-corrected chi connectivity index (χ1v) is 12.5. The van der Waals surface area contributed by atoms with E-state index in [0.717, 1.165) is 0 Å². The Bertz CT molecular complexity index is 1600. The van der Waals surface area contributed by atoms with Crippen LogP contribution in [0.2, 0.25) is 0 Å². The molecule has 4 heteroatoms. The van der Waals surface area contributed by atoms with Crippen LogP contribution in [-0.2, 0) is 0 Å². The van der Waals surface area contributed by atoms with Crippen LogP contribution in [-0.4, -0.2) is 0 Å². The third-order valence-corrected chi connectivity index (χ3v) is 9.91. The number of hydrogen-bond acceptors (Lipinski definition) is 4. The minimum absolute atomic E-state index is 1.39. The molecule has 0 amide bonds. The SMILES string of the molecule is Cc1cc2c(ccc3sc4ccc5sc6ccc7sc(C)cc7c6c5c4c32)s1. The second kappa shape index (κ2) is 5.33. The Kier molecular flexibility index (Phi) is 3.03. The van der Waals surface area contributed by atoms with Crippen molar-refractivity contribution in [3.8, 4) is 0 Å². The van der Waals surface area contributed by atoms with Gasteiger partial charge in [-0.05, 0) is 62.4 Å². The molecule has 0 radical (unpaired) electrons. The molecule has 0 aliphatic heterocycles. The molecule has 0 bridgehead atoms. The van der Waals surface area contributed by atoms with Gasteiger partial charge in [-0.1, -0.05) is 0 Å². The van der Waals surface area contributed by atoms with Gasteiger partial charge in [-0.25, -0.2) is 0 Å². The summed E-state index contributed by atoms with van der Waals surface area (Å²) < 4.78 is 8.42. The molecule has 4 heterocycles. The number of rotatable bonds is 0. The predicted octanol–water partition coefficient (Wildman–Crippen LogP) is 9.47. The first-order chi connectivity index (χ1) is 13.7. The van der Waals surface area contributed by atoms with Crippen molar-refractivity contribution in [2.45, 2.75) is 13.8 Å². The van der Waals surface area contributed by atoms with Crippen LogP contribution < -0.4 is 0 Å². The Morgan fingerprint density at radius 3 is 1.21 bits per heavy atom. The van der Waals surface area contributed by atoms with Crippen LogP contribution in [0.5, 0.6) is 0 Å². The minimum Gasteiger partial charge on any atom is -0.141 e.